The first-order chi connectivity index (χ1) is 6.38. The van der Waals surface area contributed by atoms with Gasteiger partial charge in [-0.05, 0) is 18.1 Å². The summed E-state index contributed by atoms with van der Waals surface area (Å²) in [7, 11) is 0. The molecule has 0 N–H and O–H groups in total. The molecular weight excluding hydrogens is 238 g/mol. The molecule has 14 heavy (non-hydrogen) atoms. The zero-order valence-corrected chi connectivity index (χ0v) is 8.42. The van der Waals surface area contributed by atoms with Gasteiger partial charge in [0.15, 0.2) is 0 Å². The van der Waals surface area contributed by atoms with E-state index in [9.17, 15) is 13.2 Å². The SMILES string of the molecule is FC(F)(F)CCc1cnc(Cl)c(Cl)c1. The molecule has 0 atom stereocenters. The molecule has 0 amide bonds. The van der Waals surface area contributed by atoms with Crippen molar-refractivity contribution in [3.8, 4) is 0 Å². The zero-order valence-electron chi connectivity index (χ0n) is 6.91. The van der Waals surface area contributed by atoms with Crippen LogP contribution in [-0.2, 0) is 6.42 Å². The van der Waals surface area contributed by atoms with Crippen LogP contribution in [0.2, 0.25) is 10.2 Å². The minimum atomic E-state index is -4.16. The Balaban J connectivity index is 2.65. The maximum atomic E-state index is 11.8. The van der Waals surface area contributed by atoms with Crippen LogP contribution in [0.5, 0.6) is 0 Å². The van der Waals surface area contributed by atoms with Crippen LogP contribution in [-0.4, -0.2) is 11.2 Å². The maximum absolute atomic E-state index is 11.8. The summed E-state index contributed by atoms with van der Waals surface area (Å²) in [5, 5.41) is 0.272. The molecule has 0 aromatic carbocycles. The monoisotopic (exact) mass is 243 g/mol. The van der Waals surface area contributed by atoms with Crippen LogP contribution < -0.4 is 0 Å². The second-order valence-corrected chi connectivity index (χ2v) is 3.50. The number of halogens is 5. The number of hydrogen-bond acceptors (Lipinski definition) is 1. The average molecular weight is 244 g/mol. The Hall–Kier alpha value is -0.480. The molecule has 0 spiro atoms. The van der Waals surface area contributed by atoms with E-state index in [0.29, 0.717) is 5.56 Å². The molecule has 0 radical (unpaired) electrons. The van der Waals surface area contributed by atoms with Crippen molar-refractivity contribution < 1.29 is 13.2 Å². The molecule has 0 aliphatic carbocycles. The van der Waals surface area contributed by atoms with Crippen LogP contribution in [0, 0.1) is 0 Å². The quantitative estimate of drug-likeness (QED) is 0.719. The summed E-state index contributed by atoms with van der Waals surface area (Å²) in [6.45, 7) is 0. The van der Waals surface area contributed by atoms with E-state index >= 15 is 0 Å². The lowest BCUT2D eigenvalue weighted by Crippen LogP contribution is -2.08. The Morgan fingerprint density at radius 1 is 1.29 bits per heavy atom. The third-order valence-electron chi connectivity index (χ3n) is 1.55. The van der Waals surface area contributed by atoms with Gasteiger partial charge in [0.05, 0.1) is 5.02 Å². The third kappa shape index (κ3) is 3.72. The molecule has 0 aliphatic heterocycles. The topological polar surface area (TPSA) is 12.9 Å². The van der Waals surface area contributed by atoms with E-state index in [1.54, 1.807) is 0 Å². The summed E-state index contributed by atoms with van der Waals surface area (Å²) in [4.78, 5) is 3.65. The third-order valence-corrected chi connectivity index (χ3v) is 2.24. The lowest BCUT2D eigenvalue weighted by Gasteiger charge is -2.06. The minimum absolute atomic E-state index is 0.0995. The van der Waals surface area contributed by atoms with Crippen LogP contribution in [0.25, 0.3) is 0 Å². The molecule has 1 nitrogen and oxygen atoms in total. The van der Waals surface area contributed by atoms with Crippen molar-refractivity contribution >= 4 is 23.2 Å². The summed E-state index contributed by atoms with van der Waals surface area (Å²) in [5.41, 5.74) is 0.428. The van der Waals surface area contributed by atoms with Gasteiger partial charge in [0.1, 0.15) is 5.15 Å². The van der Waals surface area contributed by atoms with E-state index in [4.69, 9.17) is 23.2 Å². The number of rotatable bonds is 2. The molecule has 0 fully saturated rings. The van der Waals surface area contributed by atoms with Gasteiger partial charge in [0, 0.05) is 12.6 Å². The average Bonchev–Trinajstić information content (AvgIpc) is 2.06. The van der Waals surface area contributed by atoms with E-state index in [-0.39, 0.29) is 16.6 Å². The molecule has 6 heteroatoms. The molecule has 78 valence electrons. The van der Waals surface area contributed by atoms with Crippen LogP contribution in [0.1, 0.15) is 12.0 Å². The van der Waals surface area contributed by atoms with Gasteiger partial charge in [0.2, 0.25) is 0 Å². The number of aromatic nitrogens is 1. The van der Waals surface area contributed by atoms with Crippen LogP contribution in [0.15, 0.2) is 12.3 Å². The molecule has 0 saturated heterocycles. The fraction of sp³-hybridized carbons (Fsp3) is 0.375. The number of alkyl halides is 3. The largest absolute Gasteiger partial charge is 0.389 e. The second-order valence-electron chi connectivity index (χ2n) is 2.73. The Bertz CT molecular complexity index is 325. The van der Waals surface area contributed by atoms with Gasteiger partial charge in [-0.2, -0.15) is 13.2 Å². The lowest BCUT2D eigenvalue weighted by molar-refractivity contribution is -0.134. The first-order valence-corrected chi connectivity index (χ1v) is 4.51. The Morgan fingerprint density at radius 3 is 2.43 bits per heavy atom. The predicted molar refractivity (Wildman–Crippen MR) is 48.6 cm³/mol. The van der Waals surface area contributed by atoms with Crippen LogP contribution >= 0.6 is 23.2 Å². The van der Waals surface area contributed by atoms with Crippen LogP contribution in [0.3, 0.4) is 0 Å². The van der Waals surface area contributed by atoms with E-state index in [2.05, 4.69) is 4.98 Å². The highest BCUT2D eigenvalue weighted by atomic mass is 35.5. The smallest absolute Gasteiger partial charge is 0.243 e. The van der Waals surface area contributed by atoms with Gasteiger partial charge in [-0.3, -0.25) is 0 Å². The highest BCUT2D eigenvalue weighted by molar-refractivity contribution is 6.41. The van der Waals surface area contributed by atoms with Crippen LogP contribution in [0.4, 0.5) is 13.2 Å². The molecule has 0 unspecified atom stereocenters. The standard InChI is InChI=1S/C8H6Cl2F3N/c9-6-3-5(4-14-7(6)10)1-2-8(11,12)13/h3-4H,1-2H2. The van der Waals surface area contributed by atoms with Crippen molar-refractivity contribution in [1.82, 2.24) is 4.98 Å². The van der Waals surface area contributed by atoms with Crippen molar-refractivity contribution in [2.24, 2.45) is 0 Å². The van der Waals surface area contributed by atoms with Gasteiger partial charge < -0.3 is 0 Å². The number of aryl methyl sites for hydroxylation is 1. The highest BCUT2D eigenvalue weighted by Crippen LogP contribution is 2.24. The molecule has 1 heterocycles. The van der Waals surface area contributed by atoms with Gasteiger partial charge in [-0.15, -0.1) is 0 Å². The van der Waals surface area contributed by atoms with E-state index in [0.717, 1.165) is 0 Å². The fourth-order valence-corrected chi connectivity index (χ4v) is 1.18. The van der Waals surface area contributed by atoms with Crippen molar-refractivity contribution in [3.63, 3.8) is 0 Å². The summed E-state index contributed by atoms with van der Waals surface area (Å²) >= 11 is 11.1. The van der Waals surface area contributed by atoms with Gasteiger partial charge >= 0.3 is 6.18 Å². The Labute approximate surface area is 88.8 Å². The number of nitrogens with zero attached hydrogens (tertiary/aromatic N) is 1. The summed E-state index contributed by atoms with van der Waals surface area (Å²) < 4.78 is 35.5. The first-order valence-electron chi connectivity index (χ1n) is 3.75. The Kier molecular flexibility index (Phi) is 3.61. The number of hydrogen-bond donors (Lipinski definition) is 0. The summed E-state index contributed by atoms with van der Waals surface area (Å²) in [6, 6.07) is 1.39. The summed E-state index contributed by atoms with van der Waals surface area (Å²) in [5.74, 6) is 0. The molecule has 0 aliphatic rings. The summed E-state index contributed by atoms with van der Waals surface area (Å²) in [6.07, 6.45) is -3.88. The van der Waals surface area contributed by atoms with Gasteiger partial charge in [0.25, 0.3) is 0 Å². The molecular formula is C8H6Cl2F3N. The van der Waals surface area contributed by atoms with Gasteiger partial charge in [-0.25, -0.2) is 4.98 Å². The van der Waals surface area contributed by atoms with Crippen molar-refractivity contribution in [2.45, 2.75) is 19.0 Å². The van der Waals surface area contributed by atoms with Crippen molar-refractivity contribution in [3.05, 3.63) is 28.0 Å². The number of pyridine rings is 1. The normalized spacial score (nSPS) is 11.8. The molecule has 1 aromatic rings. The lowest BCUT2D eigenvalue weighted by atomic mass is 10.1. The second kappa shape index (κ2) is 4.36. The highest BCUT2D eigenvalue weighted by Gasteiger charge is 2.26. The fourth-order valence-electron chi connectivity index (χ4n) is 0.884. The Morgan fingerprint density at radius 2 is 1.93 bits per heavy atom. The maximum Gasteiger partial charge on any atom is 0.389 e. The van der Waals surface area contributed by atoms with Gasteiger partial charge in [-0.1, -0.05) is 23.2 Å². The first kappa shape index (κ1) is 11.6. The molecule has 1 rings (SSSR count). The predicted octanol–water partition coefficient (Wildman–Crippen LogP) is 3.88. The van der Waals surface area contributed by atoms with E-state index < -0.39 is 12.6 Å². The van der Waals surface area contributed by atoms with E-state index in [1.807, 2.05) is 0 Å². The van der Waals surface area contributed by atoms with E-state index in [1.165, 1.54) is 12.3 Å². The van der Waals surface area contributed by atoms with Crippen molar-refractivity contribution in [1.29, 1.82) is 0 Å². The molecule has 0 saturated carbocycles. The molecule has 1 aromatic heterocycles. The minimum Gasteiger partial charge on any atom is -0.243 e. The molecule has 0 bridgehead atoms. The zero-order chi connectivity index (χ0) is 10.8. The van der Waals surface area contributed by atoms with Crippen molar-refractivity contribution in [2.75, 3.05) is 0 Å².